The molecule has 5 atom stereocenters. The molecule has 1 fully saturated rings. The highest BCUT2D eigenvalue weighted by Crippen LogP contribution is 2.14. The van der Waals surface area contributed by atoms with Gasteiger partial charge in [0, 0.05) is 6.42 Å². The molecule has 0 aliphatic carbocycles. The smallest absolute Gasteiger partial charge is 0.329 e. The number of amides is 3. The van der Waals surface area contributed by atoms with E-state index in [1.165, 1.54) is 0 Å². The third-order valence-electron chi connectivity index (χ3n) is 5.60. The number of carbonyl (C=O) groups excluding carboxylic acids is 4. The molecule has 1 heterocycles. The van der Waals surface area contributed by atoms with Gasteiger partial charge in [0.15, 0.2) is 0 Å². The molecule has 3 amide bonds. The van der Waals surface area contributed by atoms with Crippen molar-refractivity contribution in [3.63, 3.8) is 0 Å². The third kappa shape index (κ3) is 7.08. The topological polar surface area (TPSA) is 114 Å². The van der Waals surface area contributed by atoms with E-state index in [0.29, 0.717) is 12.8 Å². The molecular weight excluding hydrogens is 398 g/mol. The summed E-state index contributed by atoms with van der Waals surface area (Å²) in [6.07, 6.45) is 0.662. The predicted molar refractivity (Wildman–Crippen MR) is 116 cm³/mol. The number of carbonyl (C=O) groups is 4. The lowest BCUT2D eigenvalue weighted by Gasteiger charge is -2.26. The molecule has 2 rings (SSSR count). The van der Waals surface area contributed by atoms with Crippen LogP contribution in [-0.4, -0.2) is 47.9 Å². The molecule has 0 aromatic heterocycles. The Labute approximate surface area is 183 Å². The zero-order chi connectivity index (χ0) is 23.0. The van der Waals surface area contributed by atoms with Crippen molar-refractivity contribution in [2.24, 2.45) is 5.92 Å². The quantitative estimate of drug-likeness (QED) is 0.611. The summed E-state index contributed by atoms with van der Waals surface area (Å²) in [6, 6.07) is 6.71. The Hall–Kier alpha value is -2.90. The van der Waals surface area contributed by atoms with Crippen LogP contribution in [0.3, 0.4) is 0 Å². The summed E-state index contributed by atoms with van der Waals surface area (Å²) < 4.78 is 5.56. The molecule has 0 spiro atoms. The van der Waals surface area contributed by atoms with Crippen molar-refractivity contribution in [2.45, 2.75) is 77.6 Å². The van der Waals surface area contributed by atoms with Gasteiger partial charge in [-0.2, -0.15) is 0 Å². The van der Waals surface area contributed by atoms with Crippen molar-refractivity contribution in [3.8, 4) is 0 Å². The lowest BCUT2D eigenvalue weighted by Crippen LogP contribution is -2.55. The minimum absolute atomic E-state index is 0.0580. The normalized spacial score (nSPS) is 26.8. The Morgan fingerprint density at radius 1 is 1.00 bits per heavy atom. The maximum Gasteiger partial charge on any atom is 0.329 e. The second-order valence-corrected chi connectivity index (χ2v) is 8.08. The number of hydrogen-bond acceptors (Lipinski definition) is 5. The first kappa shape index (κ1) is 24.4. The first-order valence-electron chi connectivity index (χ1n) is 10.9. The van der Waals surface area contributed by atoms with E-state index in [1.54, 1.807) is 6.92 Å². The SMILES string of the molecule is CC[C@@H]1CC(=O)N[C@H](Cc2ccccc2)C(=O)N[C@H](C)C(=O)N[C@@H]([C@H](C)CC)C(=O)O1. The fraction of sp³-hybridized carbons (Fsp3) is 0.565. The second-order valence-electron chi connectivity index (χ2n) is 8.08. The van der Waals surface area contributed by atoms with Crippen LogP contribution in [0.4, 0.5) is 0 Å². The van der Waals surface area contributed by atoms with Crippen molar-refractivity contribution in [1.82, 2.24) is 16.0 Å². The zero-order valence-corrected chi connectivity index (χ0v) is 18.6. The van der Waals surface area contributed by atoms with Gasteiger partial charge in [-0.3, -0.25) is 14.4 Å². The van der Waals surface area contributed by atoms with Crippen LogP contribution < -0.4 is 16.0 Å². The standard InChI is InChI=1S/C23H33N3O5/c1-5-14(3)20-23(30)31-17(6-2)13-19(27)25-18(12-16-10-8-7-9-11-16)22(29)24-15(4)21(28)26-20/h7-11,14-15,17-18,20H,5-6,12-13H2,1-4H3,(H,24,29)(H,25,27)(H,26,28)/t14-,15-,17-,18-,20+/m1/s1. The Bertz CT molecular complexity index is 783. The Kier molecular flexibility index (Phi) is 9.03. The number of hydrogen-bond donors (Lipinski definition) is 3. The Morgan fingerprint density at radius 3 is 2.29 bits per heavy atom. The molecular formula is C23H33N3O5. The molecule has 8 heteroatoms. The Morgan fingerprint density at radius 2 is 1.68 bits per heavy atom. The van der Waals surface area contributed by atoms with Crippen molar-refractivity contribution >= 4 is 23.7 Å². The van der Waals surface area contributed by atoms with Crippen molar-refractivity contribution in [2.75, 3.05) is 0 Å². The maximum atomic E-state index is 12.9. The van der Waals surface area contributed by atoms with E-state index in [-0.39, 0.29) is 24.7 Å². The monoisotopic (exact) mass is 431 g/mol. The second kappa shape index (κ2) is 11.5. The van der Waals surface area contributed by atoms with Gasteiger partial charge in [0.25, 0.3) is 0 Å². The molecule has 3 N–H and O–H groups in total. The van der Waals surface area contributed by atoms with Gasteiger partial charge < -0.3 is 20.7 Å². The van der Waals surface area contributed by atoms with Gasteiger partial charge in [-0.25, -0.2) is 4.79 Å². The van der Waals surface area contributed by atoms with E-state index in [4.69, 9.17) is 4.74 Å². The van der Waals surface area contributed by atoms with E-state index < -0.39 is 42.0 Å². The zero-order valence-electron chi connectivity index (χ0n) is 18.6. The van der Waals surface area contributed by atoms with E-state index in [2.05, 4.69) is 16.0 Å². The summed E-state index contributed by atoms with van der Waals surface area (Å²) >= 11 is 0. The molecule has 0 bridgehead atoms. The van der Waals surface area contributed by atoms with Crippen molar-refractivity contribution < 1.29 is 23.9 Å². The molecule has 0 saturated carbocycles. The van der Waals surface area contributed by atoms with Crippen LogP contribution in [0.15, 0.2) is 30.3 Å². The molecule has 1 aromatic carbocycles. The van der Waals surface area contributed by atoms with Crippen LogP contribution in [0.1, 0.15) is 52.5 Å². The molecule has 0 unspecified atom stereocenters. The molecule has 1 aromatic rings. The molecule has 1 saturated heterocycles. The fourth-order valence-electron chi connectivity index (χ4n) is 3.35. The summed E-state index contributed by atoms with van der Waals surface area (Å²) in [4.78, 5) is 51.0. The van der Waals surface area contributed by atoms with Gasteiger partial charge in [0.05, 0.1) is 6.42 Å². The number of cyclic esters (lactones) is 1. The Balaban J connectivity index is 2.30. The number of esters is 1. The van der Waals surface area contributed by atoms with Gasteiger partial charge >= 0.3 is 5.97 Å². The molecule has 8 nitrogen and oxygen atoms in total. The summed E-state index contributed by atoms with van der Waals surface area (Å²) in [5.41, 5.74) is 0.875. The van der Waals surface area contributed by atoms with Gasteiger partial charge in [0.2, 0.25) is 17.7 Å². The third-order valence-corrected chi connectivity index (χ3v) is 5.60. The average molecular weight is 432 g/mol. The van der Waals surface area contributed by atoms with Gasteiger partial charge in [-0.15, -0.1) is 0 Å². The first-order valence-corrected chi connectivity index (χ1v) is 10.9. The highest BCUT2D eigenvalue weighted by Gasteiger charge is 2.33. The lowest BCUT2D eigenvalue weighted by atomic mass is 9.98. The van der Waals surface area contributed by atoms with E-state index in [9.17, 15) is 19.2 Å². The van der Waals surface area contributed by atoms with Crippen LogP contribution in [0, 0.1) is 5.92 Å². The van der Waals surface area contributed by atoms with Crippen LogP contribution in [0.25, 0.3) is 0 Å². The van der Waals surface area contributed by atoms with Gasteiger partial charge in [-0.1, -0.05) is 57.5 Å². The largest absolute Gasteiger partial charge is 0.460 e. The molecule has 31 heavy (non-hydrogen) atoms. The minimum Gasteiger partial charge on any atom is -0.460 e. The maximum absolute atomic E-state index is 12.9. The summed E-state index contributed by atoms with van der Waals surface area (Å²) in [6.45, 7) is 7.12. The molecule has 1 aliphatic rings. The fourth-order valence-corrected chi connectivity index (χ4v) is 3.35. The van der Waals surface area contributed by atoms with Crippen molar-refractivity contribution in [3.05, 3.63) is 35.9 Å². The van der Waals surface area contributed by atoms with Crippen LogP contribution >= 0.6 is 0 Å². The van der Waals surface area contributed by atoms with E-state index in [1.807, 2.05) is 51.1 Å². The highest BCUT2D eigenvalue weighted by atomic mass is 16.5. The first-order chi connectivity index (χ1) is 14.7. The van der Waals surface area contributed by atoms with Crippen LogP contribution in [0.2, 0.25) is 0 Å². The molecule has 170 valence electrons. The minimum atomic E-state index is -0.884. The van der Waals surface area contributed by atoms with Crippen molar-refractivity contribution in [1.29, 1.82) is 0 Å². The molecule has 1 aliphatic heterocycles. The van der Waals surface area contributed by atoms with Gasteiger partial charge in [0.1, 0.15) is 24.2 Å². The average Bonchev–Trinajstić information content (AvgIpc) is 2.75. The summed E-state index contributed by atoms with van der Waals surface area (Å²) in [5.74, 6) is -2.06. The van der Waals surface area contributed by atoms with Gasteiger partial charge in [-0.05, 0) is 24.8 Å². The van der Waals surface area contributed by atoms with E-state index >= 15 is 0 Å². The number of rotatable bonds is 5. The molecule has 0 radical (unpaired) electrons. The predicted octanol–water partition coefficient (Wildman–Crippen LogP) is 1.48. The number of nitrogens with one attached hydrogen (secondary N) is 3. The number of benzene rings is 1. The van der Waals surface area contributed by atoms with Crippen LogP contribution in [0.5, 0.6) is 0 Å². The summed E-state index contributed by atoms with van der Waals surface area (Å²) in [7, 11) is 0. The lowest BCUT2D eigenvalue weighted by molar-refractivity contribution is -0.156. The van der Waals surface area contributed by atoms with Crippen LogP contribution in [-0.2, 0) is 30.3 Å². The number of ether oxygens (including phenoxy) is 1. The van der Waals surface area contributed by atoms with E-state index in [0.717, 1.165) is 5.56 Å². The summed E-state index contributed by atoms with van der Waals surface area (Å²) in [5, 5.41) is 8.11. The highest BCUT2D eigenvalue weighted by molar-refractivity contribution is 5.94.